The van der Waals surface area contributed by atoms with Crippen LogP contribution in [-0.4, -0.2) is 35.5 Å². The smallest absolute Gasteiger partial charge is 0.435 e. The van der Waals surface area contributed by atoms with Crippen molar-refractivity contribution in [2.45, 2.75) is 19.7 Å². The van der Waals surface area contributed by atoms with Crippen molar-refractivity contribution < 1.29 is 37.3 Å². The highest BCUT2D eigenvalue weighted by Crippen LogP contribution is 2.39. The molecule has 11 heteroatoms. The summed E-state index contributed by atoms with van der Waals surface area (Å²) in [5, 5.41) is 13.3. The molecule has 0 bridgehead atoms. The monoisotopic (exact) mass is 544 g/mol. The second kappa shape index (κ2) is 11.0. The highest BCUT2D eigenvalue weighted by molar-refractivity contribution is 6.35. The van der Waals surface area contributed by atoms with E-state index in [0.717, 1.165) is 17.7 Å². The lowest BCUT2D eigenvalue weighted by Crippen LogP contribution is -2.25. The van der Waals surface area contributed by atoms with Crippen LogP contribution in [0.4, 0.5) is 18.9 Å². The van der Waals surface area contributed by atoms with Gasteiger partial charge in [-0.15, -0.1) is 0 Å². The number of carbonyl (C=O) groups excluding carboxylic acids is 1. The third kappa shape index (κ3) is 5.81. The molecule has 0 aliphatic carbocycles. The predicted octanol–water partition coefficient (Wildman–Crippen LogP) is 6.36. The lowest BCUT2D eigenvalue weighted by atomic mass is 10.1. The van der Waals surface area contributed by atoms with Gasteiger partial charge in [0, 0.05) is 0 Å². The number of carboxylic acids is 1. The lowest BCUT2D eigenvalue weighted by Gasteiger charge is -2.15. The van der Waals surface area contributed by atoms with Gasteiger partial charge in [-0.05, 0) is 54.5 Å². The summed E-state index contributed by atoms with van der Waals surface area (Å²) < 4.78 is 53.1. The van der Waals surface area contributed by atoms with Gasteiger partial charge in [0.15, 0.2) is 17.2 Å². The first-order valence-electron chi connectivity index (χ1n) is 11.3. The minimum atomic E-state index is -4.97. The van der Waals surface area contributed by atoms with E-state index < -0.39 is 29.3 Å². The fourth-order valence-corrected chi connectivity index (χ4v) is 3.94. The number of ether oxygens (including phenoxy) is 2. The van der Waals surface area contributed by atoms with Crippen LogP contribution in [0.5, 0.6) is 11.5 Å². The maximum atomic E-state index is 13.9. The lowest BCUT2D eigenvalue weighted by molar-refractivity contribution is -0.114. The molecule has 196 valence electrons. The third-order valence-electron chi connectivity index (χ3n) is 5.35. The number of anilines is 1. The largest absolute Gasteiger partial charge is 0.490 e. The summed E-state index contributed by atoms with van der Waals surface area (Å²) in [6.07, 6.45) is -3.96. The number of hydrogen-bond donors (Lipinski definition) is 1. The molecular formula is C27H20ClF3N2O5. The molecule has 1 aliphatic heterocycles. The molecule has 7 nitrogen and oxygen atoms in total. The number of nitrogens with zero attached hydrogens (tertiary/aromatic N) is 2. The summed E-state index contributed by atoms with van der Waals surface area (Å²) in [5.74, 6) is -2.00. The quantitative estimate of drug-likeness (QED) is 0.333. The topological polar surface area (TPSA) is 88.4 Å². The van der Waals surface area contributed by atoms with Gasteiger partial charge in [-0.3, -0.25) is 4.79 Å². The minimum Gasteiger partial charge on any atom is -0.490 e. The Morgan fingerprint density at radius 1 is 1.08 bits per heavy atom. The van der Waals surface area contributed by atoms with E-state index in [2.05, 4.69) is 5.10 Å². The molecule has 1 heterocycles. The van der Waals surface area contributed by atoms with Gasteiger partial charge < -0.3 is 14.6 Å². The van der Waals surface area contributed by atoms with Gasteiger partial charge in [0.05, 0.1) is 28.5 Å². The number of halogens is 4. The summed E-state index contributed by atoms with van der Waals surface area (Å²) in [4.78, 5) is 24.4. The average Bonchev–Trinajstić information content (AvgIpc) is 3.20. The van der Waals surface area contributed by atoms with E-state index >= 15 is 0 Å². The average molecular weight is 545 g/mol. The van der Waals surface area contributed by atoms with E-state index in [4.69, 9.17) is 21.1 Å². The molecule has 3 aromatic carbocycles. The molecule has 0 aromatic heterocycles. The number of carboxylic acid groups (broad SMARTS) is 1. The molecule has 0 atom stereocenters. The van der Waals surface area contributed by atoms with Gasteiger partial charge >= 0.3 is 12.1 Å². The highest BCUT2D eigenvalue weighted by Gasteiger charge is 2.47. The Bertz CT molecular complexity index is 1440. The van der Waals surface area contributed by atoms with Crippen molar-refractivity contribution in [2.75, 3.05) is 11.6 Å². The summed E-state index contributed by atoms with van der Waals surface area (Å²) in [7, 11) is 0. The van der Waals surface area contributed by atoms with Gasteiger partial charge in [-0.1, -0.05) is 48.0 Å². The van der Waals surface area contributed by atoms with Crippen molar-refractivity contribution in [2.24, 2.45) is 5.10 Å². The summed E-state index contributed by atoms with van der Waals surface area (Å²) >= 11 is 6.42. The maximum absolute atomic E-state index is 13.9. The number of alkyl halides is 3. The van der Waals surface area contributed by atoms with Gasteiger partial charge in [-0.25, -0.2) is 4.79 Å². The van der Waals surface area contributed by atoms with E-state index in [1.807, 2.05) is 30.3 Å². The Labute approximate surface area is 220 Å². The van der Waals surface area contributed by atoms with Crippen LogP contribution in [0.1, 0.15) is 28.4 Å². The molecular weight excluding hydrogens is 525 g/mol. The van der Waals surface area contributed by atoms with Crippen LogP contribution >= 0.6 is 11.6 Å². The van der Waals surface area contributed by atoms with Crippen molar-refractivity contribution in [3.63, 3.8) is 0 Å². The Morgan fingerprint density at radius 3 is 2.47 bits per heavy atom. The van der Waals surface area contributed by atoms with Gasteiger partial charge in [-0.2, -0.15) is 23.3 Å². The van der Waals surface area contributed by atoms with E-state index in [0.29, 0.717) is 5.01 Å². The fraction of sp³-hybridized carbons (Fsp3) is 0.148. The van der Waals surface area contributed by atoms with Crippen LogP contribution < -0.4 is 14.5 Å². The zero-order chi connectivity index (χ0) is 27.4. The molecule has 3 aromatic rings. The van der Waals surface area contributed by atoms with E-state index in [9.17, 15) is 27.9 Å². The Balaban J connectivity index is 1.72. The molecule has 0 fully saturated rings. The number of carbonyl (C=O) groups is 2. The van der Waals surface area contributed by atoms with Crippen LogP contribution in [0.3, 0.4) is 0 Å². The summed E-state index contributed by atoms with van der Waals surface area (Å²) in [6, 6.07) is 16.9. The number of aromatic carboxylic acids is 1. The van der Waals surface area contributed by atoms with E-state index in [1.54, 1.807) is 6.92 Å². The standard InChI is InChI=1S/C27H20ClF3N2O5/c1-2-37-22-13-17(12-21(28)23(22)38-15-16-7-4-3-5-8-16)11-20-24(27(29,30)31)32-33(25(20)34)19-10-6-9-18(14-19)26(35)36/h3-14H,2,15H2,1H3,(H,35,36). The zero-order valence-corrected chi connectivity index (χ0v) is 20.6. The number of benzene rings is 3. The molecule has 38 heavy (non-hydrogen) atoms. The molecule has 1 amide bonds. The van der Waals surface area contributed by atoms with Crippen LogP contribution in [0.2, 0.25) is 5.02 Å². The highest BCUT2D eigenvalue weighted by atomic mass is 35.5. The first kappa shape index (κ1) is 26.7. The van der Waals surface area contributed by atoms with Crippen molar-refractivity contribution in [3.05, 3.63) is 94.0 Å². The van der Waals surface area contributed by atoms with Gasteiger partial charge in [0.2, 0.25) is 0 Å². The maximum Gasteiger partial charge on any atom is 0.435 e. The van der Waals surface area contributed by atoms with Crippen LogP contribution in [0.25, 0.3) is 6.08 Å². The number of hydrogen-bond acceptors (Lipinski definition) is 5. The van der Waals surface area contributed by atoms with Crippen LogP contribution in [0.15, 0.2) is 77.4 Å². The minimum absolute atomic E-state index is 0.0701. The van der Waals surface area contributed by atoms with Crippen LogP contribution in [0, 0.1) is 0 Å². The SMILES string of the molecule is CCOc1cc(C=C2C(=O)N(c3cccc(C(=O)O)c3)N=C2C(F)(F)F)cc(Cl)c1OCc1ccccc1. The predicted molar refractivity (Wildman–Crippen MR) is 136 cm³/mol. The molecule has 1 aliphatic rings. The zero-order valence-electron chi connectivity index (χ0n) is 19.8. The molecule has 0 radical (unpaired) electrons. The third-order valence-corrected chi connectivity index (χ3v) is 5.63. The Hall–Kier alpha value is -4.31. The Morgan fingerprint density at radius 2 is 1.82 bits per heavy atom. The molecule has 0 spiro atoms. The van der Waals surface area contributed by atoms with Crippen LogP contribution in [-0.2, 0) is 11.4 Å². The first-order chi connectivity index (χ1) is 18.1. The van der Waals surface area contributed by atoms with Crippen molar-refractivity contribution in [1.29, 1.82) is 0 Å². The molecule has 0 unspecified atom stereocenters. The van der Waals surface area contributed by atoms with E-state index in [1.165, 1.54) is 30.3 Å². The van der Waals surface area contributed by atoms with E-state index in [-0.39, 0.29) is 46.5 Å². The van der Waals surface area contributed by atoms with Gasteiger partial charge in [0.25, 0.3) is 5.91 Å². The fourth-order valence-electron chi connectivity index (χ4n) is 3.67. The van der Waals surface area contributed by atoms with Crippen molar-refractivity contribution >= 4 is 41.0 Å². The molecule has 1 N–H and O–H groups in total. The molecule has 0 saturated heterocycles. The number of hydrazone groups is 1. The Kier molecular flexibility index (Phi) is 7.72. The first-order valence-corrected chi connectivity index (χ1v) is 11.6. The number of amides is 1. The normalized spacial score (nSPS) is 14.6. The second-order valence-corrected chi connectivity index (χ2v) is 8.42. The summed E-state index contributed by atoms with van der Waals surface area (Å²) in [6.45, 7) is 2.12. The number of rotatable bonds is 8. The molecule has 4 rings (SSSR count). The van der Waals surface area contributed by atoms with Crippen molar-refractivity contribution in [3.8, 4) is 11.5 Å². The molecule has 0 saturated carbocycles. The van der Waals surface area contributed by atoms with Crippen molar-refractivity contribution in [1.82, 2.24) is 0 Å². The second-order valence-electron chi connectivity index (χ2n) is 8.01. The van der Waals surface area contributed by atoms with Gasteiger partial charge in [0.1, 0.15) is 6.61 Å². The summed E-state index contributed by atoms with van der Waals surface area (Å²) in [5.41, 5.74) is -1.50.